The molecule has 0 unspecified atom stereocenters. The Hall–Kier alpha value is -2.81. The summed E-state index contributed by atoms with van der Waals surface area (Å²) in [6.07, 6.45) is 2.33. The first-order valence-corrected chi connectivity index (χ1v) is 8.64. The predicted molar refractivity (Wildman–Crippen MR) is 96.3 cm³/mol. The molecule has 4 rings (SSSR count). The maximum Gasteiger partial charge on any atom is 0.227 e. The Morgan fingerprint density at radius 3 is 3.04 bits per heavy atom. The van der Waals surface area contributed by atoms with E-state index in [0.29, 0.717) is 30.5 Å². The van der Waals surface area contributed by atoms with Gasteiger partial charge in [-0.3, -0.25) is 0 Å². The minimum atomic E-state index is -1.29. The average molecular weight is 357 g/mol. The molecule has 2 atom stereocenters. The number of aliphatic hydroxyl groups excluding tert-OH is 1. The van der Waals surface area contributed by atoms with E-state index in [0.717, 1.165) is 23.3 Å². The van der Waals surface area contributed by atoms with Crippen LogP contribution in [0.2, 0.25) is 0 Å². The van der Waals surface area contributed by atoms with Gasteiger partial charge in [0.15, 0.2) is 0 Å². The lowest BCUT2D eigenvalue weighted by molar-refractivity contribution is 0.0612. The molecule has 1 saturated heterocycles. The van der Waals surface area contributed by atoms with Crippen LogP contribution in [-0.4, -0.2) is 55.4 Å². The number of piperidine rings is 1. The van der Waals surface area contributed by atoms with Crippen molar-refractivity contribution in [2.45, 2.75) is 32.0 Å². The maximum absolute atomic E-state index is 13.8. The minimum Gasteiger partial charge on any atom is -0.390 e. The zero-order valence-electron chi connectivity index (χ0n) is 14.4. The minimum absolute atomic E-state index is 0.0852. The zero-order chi connectivity index (χ0) is 18.1. The average Bonchev–Trinajstić information content (AvgIpc) is 3.07. The first-order valence-electron chi connectivity index (χ1n) is 8.64. The van der Waals surface area contributed by atoms with Crippen LogP contribution in [-0.2, 0) is 6.42 Å². The summed E-state index contributed by atoms with van der Waals surface area (Å²) in [6.45, 7) is 2.64. The summed E-state index contributed by atoms with van der Waals surface area (Å²) in [4.78, 5) is 22.5. The first kappa shape index (κ1) is 16.6. The molecule has 0 aromatic carbocycles. The molecule has 3 aromatic rings. The number of alkyl halides is 1. The number of H-pyrrole nitrogens is 1. The third-order valence-corrected chi connectivity index (χ3v) is 4.44. The van der Waals surface area contributed by atoms with Crippen LogP contribution in [0.15, 0.2) is 24.5 Å². The number of anilines is 3. The van der Waals surface area contributed by atoms with Gasteiger partial charge in [-0.2, -0.15) is 4.98 Å². The number of hydrogen-bond acceptors (Lipinski definition) is 7. The van der Waals surface area contributed by atoms with Crippen LogP contribution in [0.4, 0.5) is 22.0 Å². The van der Waals surface area contributed by atoms with E-state index in [4.69, 9.17) is 0 Å². The molecule has 8 nitrogen and oxygen atoms in total. The molecular formula is C17H20FN7O. The van der Waals surface area contributed by atoms with E-state index in [9.17, 15) is 9.50 Å². The monoisotopic (exact) mass is 357 g/mol. The number of nitrogens with zero attached hydrogens (tertiary/aromatic N) is 5. The number of rotatable bonds is 4. The fraction of sp³-hybridized carbons (Fsp3) is 0.412. The number of halogens is 1. The van der Waals surface area contributed by atoms with Crippen molar-refractivity contribution in [2.75, 3.05) is 23.3 Å². The number of pyridine rings is 1. The fourth-order valence-electron chi connectivity index (χ4n) is 2.97. The highest BCUT2D eigenvalue weighted by Crippen LogP contribution is 2.22. The molecule has 1 fully saturated rings. The second-order valence-electron chi connectivity index (χ2n) is 6.31. The van der Waals surface area contributed by atoms with Crippen LogP contribution in [0.25, 0.3) is 11.0 Å². The smallest absolute Gasteiger partial charge is 0.227 e. The van der Waals surface area contributed by atoms with Gasteiger partial charge < -0.3 is 20.3 Å². The molecule has 0 amide bonds. The summed E-state index contributed by atoms with van der Waals surface area (Å²) >= 11 is 0. The topological polar surface area (TPSA) is 103 Å². The van der Waals surface area contributed by atoms with Crippen LogP contribution in [0.3, 0.4) is 0 Å². The number of imidazole rings is 1. The van der Waals surface area contributed by atoms with Crippen molar-refractivity contribution < 1.29 is 9.50 Å². The van der Waals surface area contributed by atoms with Gasteiger partial charge in [-0.25, -0.2) is 19.3 Å². The molecule has 1 aliphatic rings. The third kappa shape index (κ3) is 3.30. The molecule has 1 aliphatic heterocycles. The van der Waals surface area contributed by atoms with Gasteiger partial charge in [-0.1, -0.05) is 6.92 Å². The van der Waals surface area contributed by atoms with E-state index in [1.807, 2.05) is 13.0 Å². The first-order chi connectivity index (χ1) is 12.6. The van der Waals surface area contributed by atoms with Gasteiger partial charge >= 0.3 is 0 Å². The van der Waals surface area contributed by atoms with Crippen molar-refractivity contribution in [3.05, 3.63) is 30.4 Å². The predicted octanol–water partition coefficient (Wildman–Crippen LogP) is 1.96. The molecule has 0 aliphatic carbocycles. The molecule has 3 N–H and O–H groups in total. The number of fused-ring (bicyclic) bond motifs is 1. The molecule has 9 heteroatoms. The van der Waals surface area contributed by atoms with Crippen molar-refractivity contribution in [3.8, 4) is 0 Å². The van der Waals surface area contributed by atoms with Crippen molar-refractivity contribution in [3.63, 3.8) is 0 Å². The molecule has 0 saturated carbocycles. The normalized spacial score (nSPS) is 20.5. The Morgan fingerprint density at radius 2 is 2.23 bits per heavy atom. The summed E-state index contributed by atoms with van der Waals surface area (Å²) in [5.41, 5.74) is 1.72. The van der Waals surface area contributed by atoms with Gasteiger partial charge in [0, 0.05) is 25.2 Å². The van der Waals surface area contributed by atoms with Crippen LogP contribution >= 0.6 is 0 Å². The molecule has 0 spiro atoms. The second kappa shape index (κ2) is 6.83. The highest BCUT2D eigenvalue weighted by Gasteiger charge is 2.28. The fourth-order valence-corrected chi connectivity index (χ4v) is 2.97. The standard InChI is InChI=1S/C17H20FN7O/c1-2-14-21-11-7-16(20-8-12(11)22-14)23-15-3-5-19-17(24-15)25-6-4-13(26)10(18)9-25/h3,5,7-8,10,13,26H,2,4,6,9H2,1H3,(H,21,22)(H,19,20,23,24)/t10-,13+/m0/s1. The van der Waals surface area contributed by atoms with Crippen molar-refractivity contribution in [1.82, 2.24) is 24.9 Å². The van der Waals surface area contributed by atoms with E-state index >= 15 is 0 Å². The largest absolute Gasteiger partial charge is 0.390 e. The summed E-state index contributed by atoms with van der Waals surface area (Å²) in [6, 6.07) is 3.57. The van der Waals surface area contributed by atoms with Gasteiger partial charge in [0.2, 0.25) is 5.95 Å². The van der Waals surface area contributed by atoms with Gasteiger partial charge in [-0.15, -0.1) is 0 Å². The molecule has 136 valence electrons. The lowest BCUT2D eigenvalue weighted by Gasteiger charge is -2.32. The Bertz CT molecular complexity index is 915. The van der Waals surface area contributed by atoms with Crippen LogP contribution in [0.5, 0.6) is 0 Å². The highest BCUT2D eigenvalue weighted by molar-refractivity contribution is 5.77. The lowest BCUT2D eigenvalue weighted by Crippen LogP contribution is -2.45. The summed E-state index contributed by atoms with van der Waals surface area (Å²) < 4.78 is 13.8. The summed E-state index contributed by atoms with van der Waals surface area (Å²) in [5, 5.41) is 12.7. The van der Waals surface area contributed by atoms with Gasteiger partial charge in [0.25, 0.3) is 0 Å². The number of aromatic amines is 1. The van der Waals surface area contributed by atoms with Crippen LogP contribution in [0.1, 0.15) is 19.2 Å². The number of aryl methyl sites for hydroxylation is 1. The SMILES string of the molecule is CCc1nc2cc(Nc3ccnc(N4CC[C@@H](O)[C@@H](F)C4)n3)ncc2[nH]1. The summed E-state index contributed by atoms with van der Waals surface area (Å²) in [7, 11) is 0. The van der Waals surface area contributed by atoms with Crippen molar-refractivity contribution >= 4 is 28.6 Å². The summed E-state index contributed by atoms with van der Waals surface area (Å²) in [5.74, 6) is 2.53. The van der Waals surface area contributed by atoms with Crippen molar-refractivity contribution in [1.29, 1.82) is 0 Å². The van der Waals surface area contributed by atoms with E-state index in [1.165, 1.54) is 0 Å². The number of hydrogen-bond donors (Lipinski definition) is 3. The quantitative estimate of drug-likeness (QED) is 0.656. The molecule has 4 heterocycles. The van der Waals surface area contributed by atoms with E-state index in [1.54, 1.807) is 23.4 Å². The van der Waals surface area contributed by atoms with Gasteiger partial charge in [-0.05, 0) is 12.5 Å². The lowest BCUT2D eigenvalue weighted by atomic mass is 10.1. The second-order valence-corrected chi connectivity index (χ2v) is 6.31. The zero-order valence-corrected chi connectivity index (χ0v) is 14.4. The Labute approximate surface area is 149 Å². The highest BCUT2D eigenvalue weighted by atomic mass is 19.1. The number of nitrogens with one attached hydrogen (secondary N) is 2. The Kier molecular flexibility index (Phi) is 4.37. The third-order valence-electron chi connectivity index (χ3n) is 4.44. The molecule has 26 heavy (non-hydrogen) atoms. The molecule has 0 radical (unpaired) electrons. The van der Waals surface area contributed by atoms with Crippen LogP contribution in [0, 0.1) is 0 Å². The van der Waals surface area contributed by atoms with E-state index < -0.39 is 12.3 Å². The number of aliphatic hydroxyl groups is 1. The van der Waals surface area contributed by atoms with Gasteiger partial charge in [0.1, 0.15) is 23.6 Å². The van der Waals surface area contributed by atoms with E-state index in [-0.39, 0.29) is 6.54 Å². The Morgan fingerprint density at radius 1 is 1.35 bits per heavy atom. The van der Waals surface area contributed by atoms with E-state index in [2.05, 4.69) is 30.2 Å². The molecular weight excluding hydrogens is 337 g/mol. The molecule has 3 aromatic heterocycles. The molecule has 0 bridgehead atoms. The Balaban J connectivity index is 1.53. The number of aromatic nitrogens is 5. The van der Waals surface area contributed by atoms with Crippen LogP contribution < -0.4 is 10.2 Å². The van der Waals surface area contributed by atoms with Gasteiger partial charge in [0.05, 0.1) is 29.9 Å². The van der Waals surface area contributed by atoms with Crippen molar-refractivity contribution in [2.24, 2.45) is 0 Å². The maximum atomic E-state index is 13.8.